The van der Waals surface area contributed by atoms with Gasteiger partial charge in [0.1, 0.15) is 5.75 Å². The van der Waals surface area contributed by atoms with E-state index in [4.69, 9.17) is 10.5 Å². The molecule has 0 heterocycles. The van der Waals surface area contributed by atoms with Crippen LogP contribution in [0.4, 0.5) is 13.2 Å². The first kappa shape index (κ1) is 13.8. The molecule has 0 radical (unpaired) electrons. The SMILES string of the molecule is NCCCCCOc1ccccc1C(F)(F)F. The summed E-state index contributed by atoms with van der Waals surface area (Å²) in [6.07, 6.45) is -1.92. The van der Waals surface area contributed by atoms with Crippen molar-refractivity contribution in [1.82, 2.24) is 0 Å². The molecule has 0 saturated heterocycles. The van der Waals surface area contributed by atoms with Crippen LogP contribution in [0, 0.1) is 0 Å². The van der Waals surface area contributed by atoms with Gasteiger partial charge in [0, 0.05) is 0 Å². The number of halogens is 3. The van der Waals surface area contributed by atoms with Crippen LogP contribution in [-0.2, 0) is 6.18 Å². The molecule has 2 N–H and O–H groups in total. The van der Waals surface area contributed by atoms with Crippen LogP contribution in [0.3, 0.4) is 0 Å². The molecule has 0 amide bonds. The second kappa shape index (κ2) is 6.49. The van der Waals surface area contributed by atoms with Gasteiger partial charge in [0.25, 0.3) is 0 Å². The average molecular weight is 247 g/mol. The Labute approximate surface area is 98.6 Å². The smallest absolute Gasteiger partial charge is 0.419 e. The maximum Gasteiger partial charge on any atom is 0.419 e. The Morgan fingerprint density at radius 3 is 2.41 bits per heavy atom. The number of hydrogen-bond donors (Lipinski definition) is 1. The Bertz CT molecular complexity index is 339. The Morgan fingerprint density at radius 1 is 1.06 bits per heavy atom. The van der Waals surface area contributed by atoms with Gasteiger partial charge >= 0.3 is 6.18 Å². The van der Waals surface area contributed by atoms with Crippen molar-refractivity contribution in [2.75, 3.05) is 13.2 Å². The van der Waals surface area contributed by atoms with Crippen LogP contribution in [-0.4, -0.2) is 13.2 Å². The highest BCUT2D eigenvalue weighted by Gasteiger charge is 2.33. The van der Waals surface area contributed by atoms with Gasteiger partial charge in [-0.3, -0.25) is 0 Å². The first-order valence-corrected chi connectivity index (χ1v) is 5.55. The second-order valence-electron chi connectivity index (χ2n) is 3.69. The topological polar surface area (TPSA) is 35.2 Å². The number of unbranched alkanes of at least 4 members (excludes halogenated alkanes) is 2. The van der Waals surface area contributed by atoms with Gasteiger partial charge in [0.05, 0.1) is 12.2 Å². The Balaban J connectivity index is 2.53. The molecule has 0 aromatic heterocycles. The molecular formula is C12H16F3NO. The summed E-state index contributed by atoms with van der Waals surface area (Å²) in [6.45, 7) is 0.881. The minimum Gasteiger partial charge on any atom is -0.493 e. The number of alkyl halides is 3. The summed E-state index contributed by atoms with van der Waals surface area (Å²) >= 11 is 0. The van der Waals surface area contributed by atoms with Gasteiger partial charge in [0.2, 0.25) is 0 Å². The monoisotopic (exact) mass is 247 g/mol. The van der Waals surface area contributed by atoms with Crippen LogP contribution in [0.2, 0.25) is 0 Å². The average Bonchev–Trinajstić information content (AvgIpc) is 2.28. The molecule has 2 nitrogen and oxygen atoms in total. The van der Waals surface area contributed by atoms with Crippen molar-refractivity contribution >= 4 is 0 Å². The molecule has 0 bridgehead atoms. The van der Waals surface area contributed by atoms with Crippen molar-refractivity contribution < 1.29 is 17.9 Å². The lowest BCUT2D eigenvalue weighted by atomic mass is 10.2. The van der Waals surface area contributed by atoms with E-state index in [1.807, 2.05) is 0 Å². The van der Waals surface area contributed by atoms with Crippen LogP contribution in [0.15, 0.2) is 24.3 Å². The fraction of sp³-hybridized carbons (Fsp3) is 0.500. The van der Waals surface area contributed by atoms with Gasteiger partial charge in [-0.15, -0.1) is 0 Å². The van der Waals surface area contributed by atoms with E-state index in [2.05, 4.69) is 0 Å². The van der Waals surface area contributed by atoms with E-state index >= 15 is 0 Å². The summed E-state index contributed by atoms with van der Waals surface area (Å²) in [6, 6.07) is 5.25. The van der Waals surface area contributed by atoms with Crippen LogP contribution >= 0.6 is 0 Å². The standard InChI is InChI=1S/C12H16F3NO/c13-12(14,15)10-6-2-3-7-11(10)17-9-5-1-4-8-16/h2-3,6-7H,1,4-5,8-9,16H2. The molecule has 5 heteroatoms. The normalized spacial score (nSPS) is 11.5. The molecule has 1 rings (SSSR count). The lowest BCUT2D eigenvalue weighted by Gasteiger charge is -2.13. The Hall–Kier alpha value is -1.23. The lowest BCUT2D eigenvalue weighted by molar-refractivity contribution is -0.138. The molecule has 1 aromatic carbocycles. The summed E-state index contributed by atoms with van der Waals surface area (Å²) in [5.41, 5.74) is 4.59. The number of hydrogen-bond acceptors (Lipinski definition) is 2. The van der Waals surface area contributed by atoms with Gasteiger partial charge < -0.3 is 10.5 Å². The van der Waals surface area contributed by atoms with E-state index in [1.54, 1.807) is 0 Å². The molecule has 0 aliphatic carbocycles. The highest BCUT2D eigenvalue weighted by atomic mass is 19.4. The summed E-state index contributed by atoms with van der Waals surface area (Å²) < 4.78 is 42.9. The maximum absolute atomic E-state index is 12.6. The van der Waals surface area contributed by atoms with Crippen molar-refractivity contribution in [1.29, 1.82) is 0 Å². The zero-order valence-corrected chi connectivity index (χ0v) is 9.46. The second-order valence-corrected chi connectivity index (χ2v) is 3.69. The minimum absolute atomic E-state index is 0.104. The van der Waals surface area contributed by atoms with E-state index in [-0.39, 0.29) is 12.4 Å². The molecule has 96 valence electrons. The number of para-hydroxylation sites is 1. The first-order valence-electron chi connectivity index (χ1n) is 5.55. The summed E-state index contributed by atoms with van der Waals surface area (Å²) in [5.74, 6) is -0.104. The quantitative estimate of drug-likeness (QED) is 0.783. The van der Waals surface area contributed by atoms with Crippen LogP contribution < -0.4 is 10.5 Å². The maximum atomic E-state index is 12.6. The molecule has 0 aliphatic heterocycles. The van der Waals surface area contributed by atoms with Crippen LogP contribution in [0.5, 0.6) is 5.75 Å². The largest absolute Gasteiger partial charge is 0.493 e. The molecule has 1 aromatic rings. The first-order chi connectivity index (χ1) is 8.05. The van der Waals surface area contributed by atoms with Gasteiger partial charge in [0.15, 0.2) is 0 Å². The fourth-order valence-corrected chi connectivity index (χ4v) is 1.43. The molecule has 0 saturated carbocycles. The fourth-order valence-electron chi connectivity index (χ4n) is 1.43. The van der Waals surface area contributed by atoms with Crippen molar-refractivity contribution in [3.63, 3.8) is 0 Å². The predicted molar refractivity (Wildman–Crippen MR) is 59.8 cm³/mol. The van der Waals surface area contributed by atoms with Crippen molar-refractivity contribution in [3.8, 4) is 5.75 Å². The molecule has 17 heavy (non-hydrogen) atoms. The molecule has 0 atom stereocenters. The molecule has 0 unspecified atom stereocenters. The lowest BCUT2D eigenvalue weighted by Crippen LogP contribution is -2.09. The van der Waals surface area contributed by atoms with Gasteiger partial charge in [-0.1, -0.05) is 12.1 Å². The third-order valence-electron chi connectivity index (χ3n) is 2.30. The third kappa shape index (κ3) is 4.65. The molecule has 0 spiro atoms. The van der Waals surface area contributed by atoms with Crippen LogP contribution in [0.1, 0.15) is 24.8 Å². The predicted octanol–water partition coefficient (Wildman–Crippen LogP) is 3.21. The zero-order valence-electron chi connectivity index (χ0n) is 9.46. The summed E-state index contributed by atoms with van der Waals surface area (Å²) in [7, 11) is 0. The van der Waals surface area contributed by atoms with Crippen molar-refractivity contribution in [3.05, 3.63) is 29.8 Å². The summed E-state index contributed by atoms with van der Waals surface area (Å²) in [5, 5.41) is 0. The summed E-state index contributed by atoms with van der Waals surface area (Å²) in [4.78, 5) is 0. The Morgan fingerprint density at radius 2 is 1.76 bits per heavy atom. The molecule has 0 fully saturated rings. The van der Waals surface area contributed by atoms with Gasteiger partial charge in [-0.05, 0) is 37.9 Å². The van der Waals surface area contributed by atoms with Gasteiger partial charge in [-0.2, -0.15) is 13.2 Å². The van der Waals surface area contributed by atoms with E-state index in [0.29, 0.717) is 13.0 Å². The number of nitrogens with two attached hydrogens (primary N) is 1. The van der Waals surface area contributed by atoms with E-state index in [9.17, 15) is 13.2 Å². The van der Waals surface area contributed by atoms with Crippen LogP contribution in [0.25, 0.3) is 0 Å². The Kier molecular flexibility index (Phi) is 5.28. The van der Waals surface area contributed by atoms with E-state index < -0.39 is 11.7 Å². The zero-order chi connectivity index (χ0) is 12.7. The number of rotatable bonds is 6. The number of benzene rings is 1. The van der Waals surface area contributed by atoms with E-state index in [1.165, 1.54) is 18.2 Å². The minimum atomic E-state index is -4.37. The van der Waals surface area contributed by atoms with E-state index in [0.717, 1.165) is 18.9 Å². The number of ether oxygens (including phenoxy) is 1. The highest BCUT2D eigenvalue weighted by Crippen LogP contribution is 2.35. The molecule has 0 aliphatic rings. The van der Waals surface area contributed by atoms with Crippen molar-refractivity contribution in [2.45, 2.75) is 25.4 Å². The van der Waals surface area contributed by atoms with Crippen molar-refractivity contribution in [2.24, 2.45) is 5.73 Å². The van der Waals surface area contributed by atoms with Gasteiger partial charge in [-0.25, -0.2) is 0 Å². The molecular weight excluding hydrogens is 231 g/mol. The highest BCUT2D eigenvalue weighted by molar-refractivity contribution is 5.35. The third-order valence-corrected chi connectivity index (χ3v) is 2.30.